The van der Waals surface area contributed by atoms with Crippen LogP contribution in [0.3, 0.4) is 0 Å². The Kier molecular flexibility index (Phi) is 8.70. The van der Waals surface area contributed by atoms with Crippen LogP contribution in [0.2, 0.25) is 10.0 Å². The van der Waals surface area contributed by atoms with E-state index in [2.05, 4.69) is 10.0 Å². The summed E-state index contributed by atoms with van der Waals surface area (Å²) in [4.78, 5) is 12.4. The summed E-state index contributed by atoms with van der Waals surface area (Å²) >= 11 is 14.0. The number of aryl methyl sites for hydroxylation is 2. The maximum atomic E-state index is 13.0. The number of sulfonamides is 1. The molecular formula is C24H24Cl2N2O3S2. The first-order valence-corrected chi connectivity index (χ1v) is 13.6. The average Bonchev–Trinajstić information content (AvgIpc) is 2.77. The van der Waals surface area contributed by atoms with Gasteiger partial charge in [0.2, 0.25) is 0 Å². The molecular weight excluding hydrogens is 499 g/mol. The second-order valence-corrected chi connectivity index (χ2v) is 11.0. The molecule has 3 aromatic rings. The van der Waals surface area contributed by atoms with E-state index in [0.717, 1.165) is 27.5 Å². The maximum Gasteiger partial charge on any atom is 0.263 e. The van der Waals surface area contributed by atoms with Crippen LogP contribution in [0.25, 0.3) is 0 Å². The molecule has 0 atom stereocenters. The molecule has 0 unspecified atom stereocenters. The highest BCUT2D eigenvalue weighted by atomic mass is 35.5. The van der Waals surface area contributed by atoms with Crippen LogP contribution >= 0.6 is 35.0 Å². The van der Waals surface area contributed by atoms with Gasteiger partial charge in [-0.25, -0.2) is 8.42 Å². The highest BCUT2D eigenvalue weighted by molar-refractivity contribution is 7.98. The predicted molar refractivity (Wildman–Crippen MR) is 138 cm³/mol. The minimum Gasteiger partial charge on any atom is -0.351 e. The molecule has 0 aliphatic heterocycles. The standard InChI is InChI=1S/C24H24Cl2N2O3S2/c1-16-7-8-17(2)22(13-16)28-33(30,31)23-14-18(9-10-21(23)26)24(29)27-11-12-32-15-19-5-3-4-6-20(19)25/h3-10,13-14,28H,11-12,15H2,1-2H3,(H,27,29). The van der Waals surface area contributed by atoms with Crippen molar-refractivity contribution in [1.29, 1.82) is 0 Å². The zero-order valence-corrected chi connectivity index (χ0v) is 21.3. The number of hydrogen-bond acceptors (Lipinski definition) is 4. The molecule has 3 aromatic carbocycles. The first kappa shape index (κ1) is 25.4. The van der Waals surface area contributed by atoms with E-state index in [9.17, 15) is 13.2 Å². The number of anilines is 1. The molecule has 0 saturated heterocycles. The van der Waals surface area contributed by atoms with E-state index in [1.54, 1.807) is 17.8 Å². The third-order valence-corrected chi connectivity index (χ3v) is 8.09. The zero-order valence-electron chi connectivity index (χ0n) is 18.2. The van der Waals surface area contributed by atoms with Gasteiger partial charge in [-0.2, -0.15) is 11.8 Å². The topological polar surface area (TPSA) is 75.3 Å². The fraction of sp³-hybridized carbons (Fsp3) is 0.208. The van der Waals surface area contributed by atoms with Gasteiger partial charge in [-0.1, -0.05) is 53.5 Å². The monoisotopic (exact) mass is 522 g/mol. The minimum absolute atomic E-state index is 0.0413. The highest BCUT2D eigenvalue weighted by Crippen LogP contribution is 2.27. The Morgan fingerprint density at radius 3 is 2.48 bits per heavy atom. The minimum atomic E-state index is -3.98. The summed E-state index contributed by atoms with van der Waals surface area (Å²) in [5, 5.41) is 3.58. The number of carbonyl (C=O) groups excluding carboxylic acids is 1. The Hall–Kier alpha value is -2.19. The van der Waals surface area contributed by atoms with Gasteiger partial charge in [0.25, 0.3) is 15.9 Å². The highest BCUT2D eigenvalue weighted by Gasteiger charge is 2.21. The van der Waals surface area contributed by atoms with Crippen molar-refractivity contribution in [3.8, 4) is 0 Å². The maximum absolute atomic E-state index is 13.0. The lowest BCUT2D eigenvalue weighted by Gasteiger charge is -2.13. The molecule has 2 N–H and O–H groups in total. The van der Waals surface area contributed by atoms with Crippen LogP contribution < -0.4 is 10.0 Å². The summed E-state index contributed by atoms with van der Waals surface area (Å²) in [6, 6.07) is 17.3. The van der Waals surface area contributed by atoms with Gasteiger partial charge in [0, 0.05) is 28.6 Å². The van der Waals surface area contributed by atoms with Gasteiger partial charge in [-0.05, 0) is 60.9 Å². The molecule has 0 bridgehead atoms. The number of amides is 1. The third-order valence-electron chi connectivity index (χ3n) is 4.87. The Labute approximate surface area is 208 Å². The number of benzene rings is 3. The van der Waals surface area contributed by atoms with E-state index >= 15 is 0 Å². The van der Waals surface area contributed by atoms with Crippen molar-refractivity contribution in [3.05, 3.63) is 93.0 Å². The smallest absolute Gasteiger partial charge is 0.263 e. The van der Waals surface area contributed by atoms with Crippen LogP contribution in [0.4, 0.5) is 5.69 Å². The number of carbonyl (C=O) groups is 1. The fourth-order valence-electron chi connectivity index (χ4n) is 3.03. The summed E-state index contributed by atoms with van der Waals surface area (Å²) in [5.41, 5.74) is 3.43. The quantitative estimate of drug-likeness (QED) is 0.334. The molecule has 1 amide bonds. The number of hydrogen-bond donors (Lipinski definition) is 2. The number of nitrogens with one attached hydrogen (secondary N) is 2. The second-order valence-electron chi connectivity index (χ2n) is 7.47. The van der Waals surface area contributed by atoms with Gasteiger partial charge in [0.1, 0.15) is 4.90 Å². The van der Waals surface area contributed by atoms with Crippen molar-refractivity contribution in [3.63, 3.8) is 0 Å². The second kappa shape index (κ2) is 11.3. The third kappa shape index (κ3) is 6.90. The van der Waals surface area contributed by atoms with Crippen LogP contribution in [0.1, 0.15) is 27.0 Å². The van der Waals surface area contributed by atoms with Crippen molar-refractivity contribution in [2.75, 3.05) is 17.0 Å². The Morgan fingerprint density at radius 1 is 0.970 bits per heavy atom. The molecule has 33 heavy (non-hydrogen) atoms. The van der Waals surface area contributed by atoms with Crippen LogP contribution in [0, 0.1) is 13.8 Å². The molecule has 5 nitrogen and oxygen atoms in total. The van der Waals surface area contributed by atoms with Crippen LogP contribution in [-0.4, -0.2) is 26.6 Å². The fourth-order valence-corrected chi connectivity index (χ4v) is 5.83. The van der Waals surface area contributed by atoms with E-state index < -0.39 is 10.0 Å². The zero-order chi connectivity index (χ0) is 24.0. The molecule has 0 spiro atoms. The first-order chi connectivity index (χ1) is 15.7. The molecule has 0 fully saturated rings. The van der Waals surface area contributed by atoms with Crippen LogP contribution in [-0.2, 0) is 15.8 Å². The van der Waals surface area contributed by atoms with Crippen molar-refractivity contribution in [2.24, 2.45) is 0 Å². The predicted octanol–water partition coefficient (Wildman–Crippen LogP) is 6.07. The molecule has 0 aliphatic carbocycles. The van der Waals surface area contributed by atoms with Gasteiger partial charge < -0.3 is 5.32 Å². The Bertz CT molecular complexity index is 1260. The molecule has 0 heterocycles. The summed E-state index contributed by atoms with van der Waals surface area (Å²) in [7, 11) is -3.98. The lowest BCUT2D eigenvalue weighted by atomic mass is 10.1. The van der Waals surface area contributed by atoms with Gasteiger partial charge in [0.15, 0.2) is 0 Å². The molecule has 174 valence electrons. The van der Waals surface area contributed by atoms with Crippen molar-refractivity contribution in [2.45, 2.75) is 24.5 Å². The van der Waals surface area contributed by atoms with Crippen LogP contribution in [0.5, 0.6) is 0 Å². The van der Waals surface area contributed by atoms with Crippen molar-refractivity contribution in [1.82, 2.24) is 5.32 Å². The van der Waals surface area contributed by atoms with E-state index in [0.29, 0.717) is 18.0 Å². The molecule has 0 aromatic heterocycles. The lowest BCUT2D eigenvalue weighted by molar-refractivity contribution is 0.0956. The van der Waals surface area contributed by atoms with E-state index in [1.165, 1.54) is 18.2 Å². The molecule has 0 saturated carbocycles. The van der Waals surface area contributed by atoms with Gasteiger partial charge >= 0.3 is 0 Å². The molecule has 3 rings (SSSR count). The Balaban J connectivity index is 1.63. The molecule has 0 radical (unpaired) electrons. The molecule has 0 aliphatic rings. The number of rotatable bonds is 9. The van der Waals surface area contributed by atoms with Gasteiger partial charge in [-0.3, -0.25) is 9.52 Å². The molecule has 9 heteroatoms. The summed E-state index contributed by atoms with van der Waals surface area (Å²) in [6.07, 6.45) is 0. The summed E-state index contributed by atoms with van der Waals surface area (Å²) in [5.74, 6) is 1.06. The van der Waals surface area contributed by atoms with E-state index in [1.807, 2.05) is 50.2 Å². The summed E-state index contributed by atoms with van der Waals surface area (Å²) in [6.45, 7) is 4.12. The van der Waals surface area contributed by atoms with Gasteiger partial charge in [0.05, 0.1) is 10.7 Å². The first-order valence-electron chi connectivity index (χ1n) is 10.2. The largest absolute Gasteiger partial charge is 0.351 e. The lowest BCUT2D eigenvalue weighted by Crippen LogP contribution is -2.26. The van der Waals surface area contributed by atoms with Gasteiger partial charge in [-0.15, -0.1) is 0 Å². The van der Waals surface area contributed by atoms with E-state index in [-0.39, 0.29) is 21.4 Å². The van der Waals surface area contributed by atoms with Crippen molar-refractivity contribution < 1.29 is 13.2 Å². The summed E-state index contributed by atoms with van der Waals surface area (Å²) < 4.78 is 28.5. The Morgan fingerprint density at radius 2 is 1.73 bits per heavy atom. The number of thioether (sulfide) groups is 1. The van der Waals surface area contributed by atoms with E-state index in [4.69, 9.17) is 23.2 Å². The number of halogens is 2. The average molecular weight is 524 g/mol. The normalized spacial score (nSPS) is 11.3. The van der Waals surface area contributed by atoms with Crippen molar-refractivity contribution >= 4 is 56.6 Å². The van der Waals surface area contributed by atoms with Crippen LogP contribution in [0.15, 0.2) is 65.6 Å². The SMILES string of the molecule is Cc1ccc(C)c(NS(=O)(=O)c2cc(C(=O)NCCSCc3ccccc3Cl)ccc2Cl)c1.